The summed E-state index contributed by atoms with van der Waals surface area (Å²) in [5, 5.41) is 2.00. The average Bonchev–Trinajstić information content (AvgIpc) is 2.85. The molecule has 34 heavy (non-hydrogen) atoms. The van der Waals surface area contributed by atoms with Gasteiger partial charge in [0.2, 0.25) is 0 Å². The normalized spacial score (nSPS) is 32.0. The lowest BCUT2D eigenvalue weighted by molar-refractivity contribution is -0.0280. The predicted octanol–water partition coefficient (Wildman–Crippen LogP) is 6.50. The van der Waals surface area contributed by atoms with Gasteiger partial charge in [-0.05, 0) is 70.2 Å². The van der Waals surface area contributed by atoms with Crippen LogP contribution in [0.5, 0.6) is 0 Å². The van der Waals surface area contributed by atoms with E-state index in [1.807, 2.05) is 12.1 Å². The number of hydrogen-bond donors (Lipinski definition) is 1. The molecule has 7 atom stereocenters. The van der Waals surface area contributed by atoms with Crippen LogP contribution in [0.3, 0.4) is 0 Å². The monoisotopic (exact) mass is 472 g/mol. The topological polar surface area (TPSA) is 20.2 Å². The van der Waals surface area contributed by atoms with Crippen LogP contribution in [0.2, 0.25) is 5.04 Å². The van der Waals surface area contributed by atoms with Crippen molar-refractivity contribution in [3.63, 3.8) is 0 Å². The van der Waals surface area contributed by atoms with E-state index in [-0.39, 0.29) is 5.04 Å². The first-order chi connectivity index (χ1) is 16.2. The summed E-state index contributed by atoms with van der Waals surface area (Å²) in [6.07, 6.45) is 12.3. The Hall–Kier alpha value is -1.82. The van der Waals surface area contributed by atoms with Crippen LogP contribution in [-0.4, -0.2) is 13.1 Å². The second-order valence-electron chi connectivity index (χ2n) is 12.2. The number of terminal acetylenes is 1. The van der Waals surface area contributed by atoms with Crippen LogP contribution < -0.4 is 10.4 Å². The Bertz CT molecular complexity index is 936. The average molecular weight is 473 g/mol. The molecule has 0 saturated heterocycles. The van der Waals surface area contributed by atoms with E-state index >= 15 is 0 Å². The molecule has 2 heteroatoms. The van der Waals surface area contributed by atoms with Gasteiger partial charge in [0.15, 0.2) is 0 Å². The lowest BCUT2D eigenvalue weighted by atomic mass is 9.52. The van der Waals surface area contributed by atoms with Gasteiger partial charge in [0.1, 0.15) is 0 Å². The smallest absolute Gasteiger partial charge is 0.258 e. The van der Waals surface area contributed by atoms with E-state index in [0.717, 1.165) is 46.9 Å². The summed E-state index contributed by atoms with van der Waals surface area (Å²) in [5.74, 6) is 7.83. The third-order valence-electron chi connectivity index (χ3n) is 9.83. The quantitative estimate of drug-likeness (QED) is 0.376. The van der Waals surface area contributed by atoms with Gasteiger partial charge in [0.05, 0.1) is 0 Å². The van der Waals surface area contributed by atoms with Crippen molar-refractivity contribution in [2.24, 2.45) is 41.4 Å². The van der Waals surface area contributed by atoms with Gasteiger partial charge < -0.3 is 4.80 Å². The van der Waals surface area contributed by atoms with Crippen molar-refractivity contribution in [2.45, 2.75) is 71.8 Å². The zero-order chi connectivity index (χ0) is 24.5. The minimum atomic E-state index is -2.99. The number of hydrogen-bond acceptors (Lipinski definition) is 1. The van der Waals surface area contributed by atoms with Gasteiger partial charge in [-0.25, -0.2) is 0 Å². The SMILES string of the molecule is C#C[C@H]1[C@@H](CCC(C)(C)[Si](O)(c2ccccc2)c2ccccc2)[C@H]2[C@@H](C[C@@H]1C)[C@@H](C)CC[C@@H]2C. The van der Waals surface area contributed by atoms with Crippen LogP contribution in [0.25, 0.3) is 0 Å². The molecule has 1 N–H and O–H groups in total. The van der Waals surface area contributed by atoms with Gasteiger partial charge in [0.25, 0.3) is 8.32 Å². The summed E-state index contributed by atoms with van der Waals surface area (Å²) in [5.41, 5.74) is 0. The summed E-state index contributed by atoms with van der Waals surface area (Å²) in [4.78, 5) is 12.6. The van der Waals surface area contributed by atoms with Crippen molar-refractivity contribution >= 4 is 18.7 Å². The molecule has 0 unspecified atom stereocenters. The van der Waals surface area contributed by atoms with Gasteiger partial charge in [0, 0.05) is 5.92 Å². The van der Waals surface area contributed by atoms with Crippen LogP contribution in [-0.2, 0) is 0 Å². The van der Waals surface area contributed by atoms with Crippen molar-refractivity contribution in [1.82, 2.24) is 0 Å². The van der Waals surface area contributed by atoms with E-state index in [4.69, 9.17) is 6.42 Å². The van der Waals surface area contributed by atoms with E-state index < -0.39 is 8.32 Å². The molecule has 2 aliphatic carbocycles. The van der Waals surface area contributed by atoms with Crippen LogP contribution in [0.4, 0.5) is 0 Å². The van der Waals surface area contributed by atoms with E-state index in [9.17, 15) is 4.80 Å². The zero-order valence-electron chi connectivity index (χ0n) is 21.9. The highest BCUT2D eigenvalue weighted by molar-refractivity contribution is 6.98. The van der Waals surface area contributed by atoms with E-state index in [1.54, 1.807) is 0 Å². The Morgan fingerprint density at radius 3 is 1.94 bits per heavy atom. The Morgan fingerprint density at radius 2 is 1.41 bits per heavy atom. The summed E-state index contributed by atoms with van der Waals surface area (Å²) in [6.45, 7) is 12.0. The summed E-state index contributed by atoms with van der Waals surface area (Å²) >= 11 is 0. The van der Waals surface area contributed by atoms with Gasteiger partial charge in [-0.2, -0.15) is 0 Å². The lowest BCUT2D eigenvalue weighted by Gasteiger charge is -2.53. The lowest BCUT2D eigenvalue weighted by Crippen LogP contribution is -2.65. The molecule has 2 saturated carbocycles. The van der Waals surface area contributed by atoms with Crippen molar-refractivity contribution in [3.8, 4) is 12.3 Å². The molecule has 0 heterocycles. The third-order valence-corrected chi connectivity index (χ3v) is 14.4. The van der Waals surface area contributed by atoms with Crippen LogP contribution in [0.1, 0.15) is 66.7 Å². The summed E-state index contributed by atoms with van der Waals surface area (Å²) in [7, 11) is -2.99. The van der Waals surface area contributed by atoms with Crippen molar-refractivity contribution in [3.05, 3.63) is 60.7 Å². The van der Waals surface area contributed by atoms with Gasteiger partial charge >= 0.3 is 0 Å². The fraction of sp³-hybridized carbons (Fsp3) is 0.562. The van der Waals surface area contributed by atoms with E-state index in [2.05, 4.69) is 89.1 Å². The first-order valence-electron chi connectivity index (χ1n) is 13.5. The first kappa shape index (κ1) is 25.3. The minimum absolute atomic E-state index is 0.214. The molecule has 182 valence electrons. The standard InChI is InChI=1S/C32H44OSi/c1-7-28-25(4)22-30-23(2)18-19-24(3)31(30)29(28)20-21-32(5,6)34(33,26-14-10-8-11-15-26)27-16-12-9-13-17-27/h1,8-17,23-25,28-31,33H,18-22H2,2-6H3/t23-,24-,25-,28+,29+,30-,31-/m0/s1. The number of rotatable bonds is 6. The molecule has 0 spiro atoms. The van der Waals surface area contributed by atoms with Gasteiger partial charge in [-0.1, -0.05) is 108 Å². The molecule has 2 aromatic carbocycles. The first-order valence-corrected chi connectivity index (χ1v) is 15.4. The second-order valence-corrected chi connectivity index (χ2v) is 16.1. The number of fused-ring (bicyclic) bond motifs is 1. The molecule has 0 bridgehead atoms. The third kappa shape index (κ3) is 4.43. The Kier molecular flexibility index (Phi) is 7.46. The summed E-state index contributed by atoms with van der Waals surface area (Å²) < 4.78 is 0. The fourth-order valence-electron chi connectivity index (χ4n) is 7.78. The molecule has 2 fully saturated rings. The largest absolute Gasteiger partial charge is 0.424 e. The highest BCUT2D eigenvalue weighted by Crippen LogP contribution is 2.55. The Balaban J connectivity index is 1.67. The summed E-state index contributed by atoms with van der Waals surface area (Å²) in [6, 6.07) is 20.9. The minimum Gasteiger partial charge on any atom is -0.424 e. The molecule has 0 aliphatic heterocycles. The zero-order valence-corrected chi connectivity index (χ0v) is 22.9. The van der Waals surface area contributed by atoms with Crippen LogP contribution in [0, 0.1) is 53.8 Å². The molecule has 4 rings (SSSR count). The number of benzene rings is 2. The molecule has 1 nitrogen and oxygen atoms in total. The highest BCUT2D eigenvalue weighted by atomic mass is 28.4. The van der Waals surface area contributed by atoms with Crippen molar-refractivity contribution in [1.29, 1.82) is 0 Å². The molecule has 0 amide bonds. The highest BCUT2D eigenvalue weighted by Gasteiger charge is 2.52. The van der Waals surface area contributed by atoms with E-state index in [1.165, 1.54) is 19.3 Å². The van der Waals surface area contributed by atoms with Crippen LogP contribution >= 0.6 is 0 Å². The Morgan fingerprint density at radius 1 is 0.882 bits per heavy atom. The molecule has 2 aromatic rings. The molecule has 2 aliphatic rings. The fourth-order valence-corrected chi connectivity index (χ4v) is 11.5. The van der Waals surface area contributed by atoms with Gasteiger partial charge in [-0.15, -0.1) is 12.3 Å². The maximum Gasteiger partial charge on any atom is 0.258 e. The Labute approximate surface area is 209 Å². The second kappa shape index (κ2) is 10.0. The maximum atomic E-state index is 12.6. The van der Waals surface area contributed by atoms with Crippen molar-refractivity contribution < 1.29 is 4.80 Å². The molecular weight excluding hydrogens is 428 g/mol. The van der Waals surface area contributed by atoms with Gasteiger partial charge in [-0.3, -0.25) is 0 Å². The molecule has 0 aromatic heterocycles. The van der Waals surface area contributed by atoms with Crippen LogP contribution in [0.15, 0.2) is 60.7 Å². The predicted molar refractivity (Wildman–Crippen MR) is 148 cm³/mol. The molecule has 0 radical (unpaired) electrons. The molecular formula is C32H44OSi. The maximum absolute atomic E-state index is 12.6. The van der Waals surface area contributed by atoms with E-state index in [0.29, 0.717) is 17.8 Å². The van der Waals surface area contributed by atoms with Crippen molar-refractivity contribution in [2.75, 3.05) is 0 Å².